The molecule has 2 rings (SSSR count). The molecule has 0 fully saturated rings. The monoisotopic (exact) mass is 588 g/mol. The van der Waals surface area contributed by atoms with Crippen LogP contribution in [0.15, 0.2) is 48.5 Å². The minimum atomic E-state index is -1.26. The molecule has 11 nitrogen and oxygen atoms in total. The number of aliphatic carboxylic acids is 2. The highest BCUT2D eigenvalue weighted by atomic mass is 32.2. The lowest BCUT2D eigenvalue weighted by molar-refractivity contribution is -0.140. The van der Waals surface area contributed by atoms with Gasteiger partial charge in [0.2, 0.25) is 11.8 Å². The van der Waals surface area contributed by atoms with E-state index in [0.29, 0.717) is 23.7 Å². The lowest BCUT2D eigenvalue weighted by Gasteiger charge is -2.25. The number of rotatable bonds is 18. The van der Waals surface area contributed by atoms with Crippen LogP contribution in [-0.2, 0) is 36.1 Å². The highest BCUT2D eigenvalue weighted by Crippen LogP contribution is 2.25. The molecular weight excluding hydrogens is 552 g/mol. The third-order valence-electron chi connectivity index (χ3n) is 5.75. The smallest absolute Gasteiger partial charge is 0.341 e. The van der Waals surface area contributed by atoms with Crippen LogP contribution in [0, 0.1) is 5.92 Å². The molecule has 2 aromatic carbocycles. The van der Waals surface area contributed by atoms with Gasteiger partial charge < -0.3 is 30.3 Å². The summed E-state index contributed by atoms with van der Waals surface area (Å²) in [4.78, 5) is 61.3. The van der Waals surface area contributed by atoms with Gasteiger partial charge in [-0.3, -0.25) is 19.2 Å². The lowest BCUT2D eigenvalue weighted by atomic mass is 10.0. The summed E-state index contributed by atoms with van der Waals surface area (Å²) in [6.07, 6.45) is -0.792. The van der Waals surface area contributed by atoms with Crippen molar-refractivity contribution in [1.29, 1.82) is 0 Å². The highest BCUT2D eigenvalue weighted by Gasteiger charge is 2.30. The summed E-state index contributed by atoms with van der Waals surface area (Å²) < 4.78 is 10.8. The van der Waals surface area contributed by atoms with E-state index in [-0.39, 0.29) is 23.8 Å². The fourth-order valence-electron chi connectivity index (χ4n) is 3.78. The van der Waals surface area contributed by atoms with Crippen molar-refractivity contribution in [2.75, 3.05) is 19.0 Å². The van der Waals surface area contributed by atoms with Gasteiger partial charge in [-0.1, -0.05) is 44.2 Å². The average molecular weight is 589 g/mol. The van der Waals surface area contributed by atoms with Crippen molar-refractivity contribution in [2.24, 2.45) is 5.92 Å². The quantitative estimate of drug-likeness (QED) is 0.203. The Labute approximate surface area is 243 Å². The maximum atomic E-state index is 13.2. The molecule has 0 radical (unpaired) electrons. The second-order valence-electron chi connectivity index (χ2n) is 9.45. The normalized spacial score (nSPS) is 12.2. The van der Waals surface area contributed by atoms with E-state index in [0.717, 1.165) is 5.56 Å². The largest absolute Gasteiger partial charge is 0.494 e. The van der Waals surface area contributed by atoms with Crippen LogP contribution < -0.4 is 20.1 Å². The van der Waals surface area contributed by atoms with Crippen LogP contribution in [0.25, 0.3) is 0 Å². The molecule has 2 aromatic rings. The van der Waals surface area contributed by atoms with Gasteiger partial charge in [0.05, 0.1) is 31.2 Å². The number of carbonyl (C=O) groups excluding carboxylic acids is 3. The zero-order valence-electron chi connectivity index (χ0n) is 23.3. The van der Waals surface area contributed by atoms with E-state index in [2.05, 4.69) is 10.6 Å². The number of ether oxygens (including phenoxy) is 2. The Bertz CT molecular complexity index is 1200. The maximum absolute atomic E-state index is 13.2. The zero-order chi connectivity index (χ0) is 30.4. The second kappa shape index (κ2) is 16.9. The number of carboxylic acids is 2. The Hall–Kier alpha value is -4.06. The molecule has 0 saturated heterocycles. The van der Waals surface area contributed by atoms with E-state index in [1.807, 2.05) is 30.3 Å². The molecule has 0 saturated carbocycles. The summed E-state index contributed by atoms with van der Waals surface area (Å²) in [5.41, 5.74) is 1.43. The summed E-state index contributed by atoms with van der Waals surface area (Å²) in [5, 5.41) is 23.4. The number of nitrogens with one attached hydrogen (secondary N) is 2. The van der Waals surface area contributed by atoms with E-state index in [1.54, 1.807) is 26.8 Å². The number of Topliss-reactive ketones (excluding diaryl/α,β-unsaturated/α-hetero) is 1. The molecule has 0 heterocycles. The Morgan fingerprint density at radius 1 is 0.927 bits per heavy atom. The van der Waals surface area contributed by atoms with Gasteiger partial charge in [0.25, 0.3) is 0 Å². The van der Waals surface area contributed by atoms with Crippen molar-refractivity contribution in [3.8, 4) is 11.5 Å². The summed E-state index contributed by atoms with van der Waals surface area (Å²) in [6, 6.07) is 11.8. The summed E-state index contributed by atoms with van der Waals surface area (Å²) in [5.74, 6) is -3.23. The number of hydrogen-bond donors (Lipinski definition) is 4. The minimum absolute atomic E-state index is 0.00627. The number of carbonyl (C=O) groups is 5. The van der Waals surface area contributed by atoms with E-state index in [9.17, 15) is 29.1 Å². The predicted octanol–water partition coefficient (Wildman–Crippen LogP) is 2.69. The van der Waals surface area contributed by atoms with Crippen LogP contribution in [0.1, 0.15) is 38.3 Å². The van der Waals surface area contributed by atoms with Crippen molar-refractivity contribution in [3.05, 3.63) is 59.7 Å². The molecular formula is C29H36N2O9S. The predicted molar refractivity (Wildman–Crippen MR) is 153 cm³/mol. The van der Waals surface area contributed by atoms with Gasteiger partial charge in [-0.2, -0.15) is 0 Å². The summed E-state index contributed by atoms with van der Waals surface area (Å²) >= 11 is 1.32. The Balaban J connectivity index is 2.08. The number of hydrogen-bond acceptors (Lipinski definition) is 8. The van der Waals surface area contributed by atoms with Gasteiger partial charge in [-0.05, 0) is 36.6 Å². The van der Waals surface area contributed by atoms with E-state index >= 15 is 0 Å². The van der Waals surface area contributed by atoms with Crippen LogP contribution in [0.4, 0.5) is 0 Å². The fourth-order valence-corrected chi connectivity index (χ4v) is 4.72. The van der Waals surface area contributed by atoms with Crippen molar-refractivity contribution in [1.82, 2.24) is 10.6 Å². The van der Waals surface area contributed by atoms with Gasteiger partial charge in [-0.25, -0.2) is 4.79 Å². The van der Waals surface area contributed by atoms with Crippen LogP contribution in [-0.4, -0.2) is 70.8 Å². The summed E-state index contributed by atoms with van der Waals surface area (Å²) in [6.45, 7) is 4.95. The molecule has 222 valence electrons. The van der Waals surface area contributed by atoms with E-state index in [4.69, 9.17) is 14.6 Å². The number of thioether (sulfide) groups is 1. The number of amides is 2. The van der Waals surface area contributed by atoms with Gasteiger partial charge in [0.15, 0.2) is 12.4 Å². The molecule has 0 aliphatic rings. The Morgan fingerprint density at radius 2 is 1.63 bits per heavy atom. The lowest BCUT2D eigenvalue weighted by Crippen LogP contribution is -2.54. The molecule has 0 aliphatic heterocycles. The van der Waals surface area contributed by atoms with Gasteiger partial charge in [-0.15, -0.1) is 11.8 Å². The first-order valence-electron chi connectivity index (χ1n) is 13.1. The third kappa shape index (κ3) is 11.9. The van der Waals surface area contributed by atoms with Gasteiger partial charge >= 0.3 is 11.9 Å². The first-order chi connectivity index (χ1) is 19.5. The molecule has 0 spiro atoms. The SMILES string of the molecule is CCOc1ccc(OCC(=O)O)cc1CC(=O)N[C@H](C(=O)N[C@@H](CC(=O)O)C(=O)CSCc1ccccc1)C(C)C. The van der Waals surface area contributed by atoms with Crippen LogP contribution >= 0.6 is 11.8 Å². The molecule has 2 atom stereocenters. The number of carboxylic acid groups (broad SMARTS) is 2. The van der Waals surface area contributed by atoms with Crippen molar-refractivity contribution in [3.63, 3.8) is 0 Å². The molecule has 0 bridgehead atoms. The second-order valence-corrected chi connectivity index (χ2v) is 10.4. The molecule has 4 N–H and O–H groups in total. The third-order valence-corrected chi connectivity index (χ3v) is 6.78. The molecule has 2 amide bonds. The van der Waals surface area contributed by atoms with Crippen molar-refractivity contribution in [2.45, 2.75) is 51.4 Å². The molecule has 0 aromatic heterocycles. The van der Waals surface area contributed by atoms with E-state index < -0.39 is 54.6 Å². The van der Waals surface area contributed by atoms with Crippen LogP contribution in [0.2, 0.25) is 0 Å². The standard InChI is InChI=1S/C29H36N2O9S/c1-4-39-24-11-10-21(40-15-27(36)37)12-20(24)13-25(33)31-28(18(2)3)29(38)30-22(14-26(34)35)23(32)17-41-16-19-8-6-5-7-9-19/h5-12,18,22,28H,4,13-17H2,1-3H3,(H,30,38)(H,31,33)(H,34,35)(H,36,37)/t22-,28-/m0/s1. The van der Waals surface area contributed by atoms with Crippen LogP contribution in [0.5, 0.6) is 11.5 Å². The molecule has 41 heavy (non-hydrogen) atoms. The highest BCUT2D eigenvalue weighted by molar-refractivity contribution is 7.99. The minimum Gasteiger partial charge on any atom is -0.494 e. The molecule has 0 aliphatic carbocycles. The number of benzene rings is 2. The average Bonchev–Trinajstić information content (AvgIpc) is 2.91. The molecule has 12 heteroatoms. The topological polar surface area (TPSA) is 168 Å². The number of ketones is 1. The van der Waals surface area contributed by atoms with Crippen LogP contribution in [0.3, 0.4) is 0 Å². The van der Waals surface area contributed by atoms with E-state index in [1.165, 1.54) is 23.9 Å². The van der Waals surface area contributed by atoms with Crippen molar-refractivity contribution < 1.29 is 43.7 Å². The van der Waals surface area contributed by atoms with Crippen molar-refractivity contribution >= 4 is 41.3 Å². The first-order valence-corrected chi connectivity index (χ1v) is 14.2. The summed E-state index contributed by atoms with van der Waals surface area (Å²) in [7, 11) is 0. The van der Waals surface area contributed by atoms with Gasteiger partial charge in [0.1, 0.15) is 17.5 Å². The Morgan fingerprint density at radius 3 is 2.24 bits per heavy atom. The first kappa shape index (κ1) is 33.1. The Kier molecular flexibility index (Phi) is 13.7. The zero-order valence-corrected chi connectivity index (χ0v) is 24.1. The molecule has 0 unspecified atom stereocenters. The van der Waals surface area contributed by atoms with Gasteiger partial charge in [0, 0.05) is 11.3 Å². The fraction of sp³-hybridized carbons (Fsp3) is 0.414. The maximum Gasteiger partial charge on any atom is 0.341 e.